The van der Waals surface area contributed by atoms with Crippen LogP contribution in [0.3, 0.4) is 0 Å². The van der Waals surface area contributed by atoms with Crippen LogP contribution in [0.5, 0.6) is 0 Å². The van der Waals surface area contributed by atoms with Crippen LogP contribution in [0.25, 0.3) is 0 Å². The van der Waals surface area contributed by atoms with Gasteiger partial charge in [-0.1, -0.05) is 12.1 Å². The second-order valence-electron chi connectivity index (χ2n) is 3.11. The zero-order valence-corrected chi connectivity index (χ0v) is 9.20. The van der Waals surface area contributed by atoms with Crippen molar-refractivity contribution in [1.29, 1.82) is 0 Å². The lowest BCUT2D eigenvalue weighted by molar-refractivity contribution is -0.385. The Morgan fingerprint density at radius 2 is 2.24 bits per heavy atom. The summed E-state index contributed by atoms with van der Waals surface area (Å²) in [7, 11) is 0. The molecule has 0 unspecified atom stereocenters. The number of hydrogen-bond donors (Lipinski definition) is 1. The number of carbonyl (C=O) groups is 1. The molecular formula is C10H12N3O4. The minimum absolute atomic E-state index is 0.0932. The molecule has 0 spiro atoms. The number of hydrogen-bond acceptors (Lipinski definition) is 5. The lowest BCUT2D eigenvalue weighted by atomic mass is 10.2. The van der Waals surface area contributed by atoms with Crippen LogP contribution in [-0.4, -0.2) is 16.0 Å². The Kier molecular flexibility index (Phi) is 4.41. The van der Waals surface area contributed by atoms with Crippen LogP contribution < -0.4 is 5.84 Å². The van der Waals surface area contributed by atoms with Gasteiger partial charge in [-0.3, -0.25) is 10.1 Å². The lowest BCUT2D eigenvalue weighted by Gasteiger charge is -2.13. The van der Waals surface area contributed by atoms with E-state index in [1.807, 2.05) is 0 Å². The number of nitro groups is 1. The van der Waals surface area contributed by atoms with Crippen molar-refractivity contribution < 1.29 is 14.5 Å². The van der Waals surface area contributed by atoms with Gasteiger partial charge in [0.15, 0.2) is 0 Å². The van der Waals surface area contributed by atoms with E-state index in [2.05, 4.69) is 0 Å². The zero-order chi connectivity index (χ0) is 12.8. The van der Waals surface area contributed by atoms with Gasteiger partial charge in [0.05, 0.1) is 17.0 Å². The summed E-state index contributed by atoms with van der Waals surface area (Å²) in [4.78, 5) is 21.4. The van der Waals surface area contributed by atoms with E-state index in [0.717, 1.165) is 5.01 Å². The Bertz CT molecular complexity index is 422. The van der Waals surface area contributed by atoms with Crippen molar-refractivity contribution in [3.63, 3.8) is 0 Å². The van der Waals surface area contributed by atoms with Gasteiger partial charge in [-0.05, 0) is 13.0 Å². The van der Waals surface area contributed by atoms with Crippen molar-refractivity contribution >= 4 is 11.8 Å². The molecule has 0 aliphatic heterocycles. The third-order valence-corrected chi connectivity index (χ3v) is 2.03. The topological polar surface area (TPSA) is 98.7 Å². The van der Waals surface area contributed by atoms with E-state index in [4.69, 9.17) is 10.6 Å². The average Bonchev–Trinajstić information content (AvgIpc) is 2.35. The molecular weight excluding hydrogens is 226 g/mol. The fraction of sp³-hybridized carbons (Fsp3) is 0.200. The first-order valence-electron chi connectivity index (χ1n) is 4.78. The maximum Gasteiger partial charge on any atom is 0.424 e. The summed E-state index contributed by atoms with van der Waals surface area (Å²) in [5.74, 6) is 5.25. The van der Waals surface area contributed by atoms with Crippen molar-refractivity contribution in [2.24, 2.45) is 5.84 Å². The largest absolute Gasteiger partial charge is 0.443 e. The summed E-state index contributed by atoms with van der Waals surface area (Å²) >= 11 is 0. The monoisotopic (exact) mass is 238 g/mol. The molecule has 0 fully saturated rings. The summed E-state index contributed by atoms with van der Waals surface area (Å²) in [6.07, 6.45) is -0.773. The van der Waals surface area contributed by atoms with Gasteiger partial charge in [-0.2, -0.15) is 0 Å². The molecule has 17 heavy (non-hydrogen) atoms. The Hall–Kier alpha value is -2.15. The quantitative estimate of drug-likeness (QED) is 0.371. The lowest BCUT2D eigenvalue weighted by Crippen LogP contribution is -2.34. The molecule has 1 rings (SSSR count). The van der Waals surface area contributed by atoms with Gasteiger partial charge in [0, 0.05) is 6.07 Å². The smallest absolute Gasteiger partial charge is 0.424 e. The molecule has 2 N–H and O–H groups in total. The molecule has 1 aromatic rings. The molecule has 1 amide bonds. The van der Waals surface area contributed by atoms with Gasteiger partial charge in [0.2, 0.25) is 0 Å². The fourth-order valence-corrected chi connectivity index (χ4v) is 1.13. The summed E-state index contributed by atoms with van der Waals surface area (Å²) in [5.41, 5.74) is 0.222. The van der Waals surface area contributed by atoms with E-state index in [0.29, 0.717) is 5.56 Å². The Morgan fingerprint density at radius 3 is 2.82 bits per heavy atom. The van der Waals surface area contributed by atoms with Crippen molar-refractivity contribution in [2.45, 2.75) is 13.5 Å². The number of nitrogens with zero attached hydrogens (tertiary/aromatic N) is 2. The van der Waals surface area contributed by atoms with E-state index in [-0.39, 0.29) is 12.3 Å². The highest BCUT2D eigenvalue weighted by molar-refractivity contribution is 5.67. The van der Waals surface area contributed by atoms with Gasteiger partial charge in [0.1, 0.15) is 6.61 Å². The normalized spacial score (nSPS) is 9.76. The first-order valence-corrected chi connectivity index (χ1v) is 4.78. The Morgan fingerprint density at radius 1 is 1.59 bits per heavy atom. The highest BCUT2D eigenvalue weighted by atomic mass is 16.6. The van der Waals surface area contributed by atoms with Crippen molar-refractivity contribution in [3.8, 4) is 0 Å². The predicted molar refractivity (Wildman–Crippen MR) is 59.3 cm³/mol. The van der Waals surface area contributed by atoms with E-state index in [9.17, 15) is 14.9 Å². The second kappa shape index (κ2) is 5.80. The zero-order valence-electron chi connectivity index (χ0n) is 9.20. The number of nitro benzene ring substituents is 1. The number of carbonyl (C=O) groups excluding carboxylic acids is 1. The summed E-state index contributed by atoms with van der Waals surface area (Å²) in [5, 5.41) is 11.4. The van der Waals surface area contributed by atoms with Crippen LogP contribution in [0.4, 0.5) is 10.5 Å². The van der Waals surface area contributed by atoms with Crippen molar-refractivity contribution in [1.82, 2.24) is 5.01 Å². The average molecular weight is 238 g/mol. The standard InChI is InChI=1S/C10H12N3O4/c1-2-12(11)10(14)17-7-8-5-3-4-6-9(8)13(15)16/h2-6H,7,11H2,1H3. The molecule has 1 radical (unpaired) electrons. The number of benzene rings is 1. The van der Waals surface area contributed by atoms with E-state index >= 15 is 0 Å². The maximum absolute atomic E-state index is 11.2. The number of ether oxygens (including phenoxy) is 1. The molecule has 0 heterocycles. The minimum atomic E-state index is -0.773. The molecule has 7 nitrogen and oxygen atoms in total. The van der Waals surface area contributed by atoms with Crippen LogP contribution in [0.2, 0.25) is 0 Å². The Labute approximate surface area is 97.9 Å². The van der Waals surface area contributed by atoms with E-state index < -0.39 is 11.0 Å². The van der Waals surface area contributed by atoms with Crippen molar-refractivity contribution in [3.05, 3.63) is 46.5 Å². The molecule has 1 aromatic carbocycles. The van der Waals surface area contributed by atoms with Gasteiger partial charge >= 0.3 is 6.09 Å². The molecule has 0 atom stereocenters. The van der Waals surface area contributed by atoms with Crippen LogP contribution in [0.1, 0.15) is 12.5 Å². The number of nitrogens with two attached hydrogens (primary N) is 1. The van der Waals surface area contributed by atoms with Gasteiger partial charge < -0.3 is 4.74 Å². The molecule has 0 aliphatic rings. The molecule has 0 saturated carbocycles. The minimum Gasteiger partial charge on any atom is -0.443 e. The number of rotatable bonds is 4. The summed E-state index contributed by atoms with van der Waals surface area (Å²) in [6, 6.07) is 6.03. The highest BCUT2D eigenvalue weighted by Gasteiger charge is 2.15. The second-order valence-corrected chi connectivity index (χ2v) is 3.11. The molecule has 91 valence electrons. The summed E-state index contributed by atoms with van der Waals surface area (Å²) < 4.78 is 4.80. The third kappa shape index (κ3) is 3.42. The van der Waals surface area contributed by atoms with Crippen LogP contribution in [-0.2, 0) is 11.3 Å². The van der Waals surface area contributed by atoms with Gasteiger partial charge in [0.25, 0.3) is 5.69 Å². The first kappa shape index (κ1) is 12.9. The highest BCUT2D eigenvalue weighted by Crippen LogP contribution is 2.18. The van der Waals surface area contributed by atoms with Gasteiger partial charge in [-0.25, -0.2) is 15.6 Å². The molecule has 0 bridgehead atoms. The SMILES string of the molecule is C[CH]N(N)C(=O)OCc1ccccc1[N+](=O)[O-]. The Balaban J connectivity index is 2.69. The van der Waals surface area contributed by atoms with E-state index in [1.165, 1.54) is 18.7 Å². The predicted octanol–water partition coefficient (Wildman–Crippen LogP) is 1.59. The van der Waals surface area contributed by atoms with E-state index in [1.54, 1.807) is 19.1 Å². The number of para-hydroxylation sites is 1. The fourth-order valence-electron chi connectivity index (χ4n) is 1.13. The number of hydrazine groups is 1. The maximum atomic E-state index is 11.2. The van der Waals surface area contributed by atoms with Crippen LogP contribution >= 0.6 is 0 Å². The van der Waals surface area contributed by atoms with Crippen LogP contribution in [0.15, 0.2) is 24.3 Å². The molecule has 0 aliphatic carbocycles. The van der Waals surface area contributed by atoms with Gasteiger partial charge in [-0.15, -0.1) is 0 Å². The molecule has 0 saturated heterocycles. The van der Waals surface area contributed by atoms with Crippen molar-refractivity contribution in [2.75, 3.05) is 0 Å². The number of amides is 1. The molecule has 7 heteroatoms. The third-order valence-electron chi connectivity index (χ3n) is 2.03. The first-order chi connectivity index (χ1) is 8.06. The van der Waals surface area contributed by atoms with Crippen LogP contribution in [0, 0.1) is 16.7 Å². The molecule has 0 aromatic heterocycles. The summed E-state index contributed by atoms with van der Waals surface area (Å²) in [6.45, 7) is 2.69.